The van der Waals surface area contributed by atoms with Crippen molar-refractivity contribution in [2.45, 2.75) is 45.5 Å². The summed E-state index contributed by atoms with van der Waals surface area (Å²) in [6, 6.07) is 13.8. The van der Waals surface area contributed by atoms with E-state index in [9.17, 15) is 14.7 Å². The number of ether oxygens (including phenoxy) is 3. The second-order valence-corrected chi connectivity index (χ2v) is 7.46. The predicted octanol–water partition coefficient (Wildman–Crippen LogP) is 4.78. The molecule has 2 aromatic carbocycles. The fourth-order valence-corrected chi connectivity index (χ4v) is 2.75. The third kappa shape index (κ3) is 8.31. The smallest absolute Gasteiger partial charge is 0.411 e. The van der Waals surface area contributed by atoms with Crippen molar-refractivity contribution in [1.29, 1.82) is 0 Å². The summed E-state index contributed by atoms with van der Waals surface area (Å²) in [6.07, 6.45) is -1.91. The first-order valence-electron chi connectivity index (χ1n) is 9.56. The van der Waals surface area contributed by atoms with Crippen molar-refractivity contribution in [3.05, 3.63) is 59.1 Å². The average Bonchev–Trinajstić information content (AvgIpc) is 2.67. The molecule has 7 nitrogen and oxygen atoms in total. The summed E-state index contributed by atoms with van der Waals surface area (Å²) in [5.74, 6) is -0.459. The van der Waals surface area contributed by atoms with Crippen LogP contribution in [0.1, 0.15) is 26.3 Å². The van der Waals surface area contributed by atoms with E-state index in [-0.39, 0.29) is 19.1 Å². The largest absolute Gasteiger partial charge is 0.487 e. The van der Waals surface area contributed by atoms with Gasteiger partial charge in [0.15, 0.2) is 6.10 Å². The lowest BCUT2D eigenvalue weighted by molar-refractivity contribution is -0.153. The summed E-state index contributed by atoms with van der Waals surface area (Å²) in [5, 5.41) is 12.5. The van der Waals surface area contributed by atoms with Crippen LogP contribution in [0.4, 0.5) is 10.5 Å². The molecule has 8 heteroatoms. The molecule has 30 heavy (non-hydrogen) atoms. The van der Waals surface area contributed by atoms with Crippen LogP contribution in [0.3, 0.4) is 0 Å². The first-order valence-corrected chi connectivity index (χ1v) is 9.94. The maximum absolute atomic E-state index is 11.9. The molecule has 2 atom stereocenters. The van der Waals surface area contributed by atoms with Crippen molar-refractivity contribution >= 4 is 29.4 Å². The van der Waals surface area contributed by atoms with Crippen molar-refractivity contribution < 1.29 is 28.9 Å². The maximum Gasteiger partial charge on any atom is 0.411 e. The molecule has 2 rings (SSSR count). The van der Waals surface area contributed by atoms with Crippen LogP contribution in [0.15, 0.2) is 48.5 Å². The molecule has 0 aliphatic carbocycles. The first kappa shape index (κ1) is 23.5. The molecule has 2 aromatic rings. The zero-order valence-electron chi connectivity index (χ0n) is 17.1. The predicted molar refractivity (Wildman–Crippen MR) is 114 cm³/mol. The number of amides is 1. The quantitative estimate of drug-likeness (QED) is 0.558. The van der Waals surface area contributed by atoms with Crippen LogP contribution in [0.2, 0.25) is 5.02 Å². The number of benzene rings is 2. The SMILES string of the molecule is CC(C)OC(Cc1cccc(OC(C)COC(=O)Nc2ccc(Cl)cc2)c1)C(=O)O. The summed E-state index contributed by atoms with van der Waals surface area (Å²) in [4.78, 5) is 23.3. The van der Waals surface area contributed by atoms with Gasteiger partial charge in [-0.2, -0.15) is 0 Å². The lowest BCUT2D eigenvalue weighted by atomic mass is 10.1. The standard InChI is InChI=1S/C22H26ClNO6/c1-14(2)29-20(21(25)26)12-16-5-4-6-19(11-16)30-15(3)13-28-22(27)24-18-9-7-17(23)8-10-18/h4-11,14-15,20H,12-13H2,1-3H3,(H,24,27)(H,25,26). The Morgan fingerprint density at radius 2 is 1.80 bits per heavy atom. The number of halogens is 1. The third-order valence-corrected chi connectivity index (χ3v) is 4.16. The fourth-order valence-electron chi connectivity index (χ4n) is 2.63. The van der Waals surface area contributed by atoms with Crippen LogP contribution < -0.4 is 10.1 Å². The Kier molecular flexibility index (Phi) is 8.95. The van der Waals surface area contributed by atoms with Gasteiger partial charge in [0, 0.05) is 17.1 Å². The van der Waals surface area contributed by atoms with Crippen LogP contribution in [0, 0.1) is 0 Å². The summed E-state index contributed by atoms with van der Waals surface area (Å²) in [6.45, 7) is 5.39. The summed E-state index contributed by atoms with van der Waals surface area (Å²) in [5.41, 5.74) is 1.34. The number of carbonyl (C=O) groups is 2. The maximum atomic E-state index is 11.9. The Balaban J connectivity index is 1.85. The van der Waals surface area contributed by atoms with E-state index < -0.39 is 24.3 Å². The van der Waals surface area contributed by atoms with E-state index in [1.54, 1.807) is 63.2 Å². The van der Waals surface area contributed by atoms with Crippen LogP contribution in [0.5, 0.6) is 5.75 Å². The van der Waals surface area contributed by atoms with Gasteiger partial charge in [-0.15, -0.1) is 0 Å². The highest BCUT2D eigenvalue weighted by Crippen LogP contribution is 2.18. The van der Waals surface area contributed by atoms with Gasteiger partial charge in [0.1, 0.15) is 18.5 Å². The highest BCUT2D eigenvalue weighted by atomic mass is 35.5. The van der Waals surface area contributed by atoms with Gasteiger partial charge in [0.2, 0.25) is 0 Å². The van der Waals surface area contributed by atoms with Gasteiger partial charge in [-0.3, -0.25) is 5.32 Å². The topological polar surface area (TPSA) is 94.1 Å². The van der Waals surface area contributed by atoms with Crippen molar-refractivity contribution in [3.8, 4) is 5.75 Å². The van der Waals surface area contributed by atoms with Crippen LogP contribution >= 0.6 is 11.6 Å². The molecule has 0 spiro atoms. The van der Waals surface area contributed by atoms with Crippen LogP contribution in [-0.2, 0) is 20.7 Å². The number of rotatable bonds is 10. The Bertz CT molecular complexity index is 840. The first-order chi connectivity index (χ1) is 14.2. The van der Waals surface area contributed by atoms with E-state index in [1.165, 1.54) is 0 Å². The monoisotopic (exact) mass is 435 g/mol. The molecule has 0 fully saturated rings. The number of carboxylic acid groups (broad SMARTS) is 1. The minimum atomic E-state index is -1.01. The summed E-state index contributed by atoms with van der Waals surface area (Å²) in [7, 11) is 0. The van der Waals surface area contributed by atoms with Crippen molar-refractivity contribution in [2.75, 3.05) is 11.9 Å². The minimum absolute atomic E-state index is 0.0395. The zero-order chi connectivity index (χ0) is 22.1. The zero-order valence-corrected chi connectivity index (χ0v) is 17.9. The highest BCUT2D eigenvalue weighted by molar-refractivity contribution is 6.30. The fraction of sp³-hybridized carbons (Fsp3) is 0.364. The van der Waals surface area contributed by atoms with Crippen LogP contribution in [0.25, 0.3) is 0 Å². The molecule has 0 heterocycles. The lowest BCUT2D eigenvalue weighted by Crippen LogP contribution is -2.29. The van der Waals surface area contributed by atoms with Crippen molar-refractivity contribution in [3.63, 3.8) is 0 Å². The molecular formula is C22H26ClNO6. The number of carboxylic acids is 1. The van der Waals surface area contributed by atoms with Gasteiger partial charge >= 0.3 is 12.1 Å². The van der Waals surface area contributed by atoms with Crippen LogP contribution in [-0.4, -0.2) is 42.1 Å². The van der Waals surface area contributed by atoms with Gasteiger partial charge in [0.25, 0.3) is 0 Å². The molecule has 0 aliphatic rings. The molecule has 0 bridgehead atoms. The Labute approximate surface area is 180 Å². The summed E-state index contributed by atoms with van der Waals surface area (Å²) >= 11 is 5.81. The normalized spacial score (nSPS) is 12.8. The summed E-state index contributed by atoms with van der Waals surface area (Å²) < 4.78 is 16.4. The van der Waals surface area contributed by atoms with E-state index in [1.807, 2.05) is 6.07 Å². The number of aliphatic carboxylic acids is 1. The molecule has 0 radical (unpaired) electrons. The molecule has 2 unspecified atom stereocenters. The second-order valence-electron chi connectivity index (χ2n) is 7.02. The Hall–Kier alpha value is -2.77. The van der Waals surface area contributed by atoms with Gasteiger partial charge in [-0.1, -0.05) is 23.7 Å². The lowest BCUT2D eigenvalue weighted by Gasteiger charge is -2.18. The minimum Gasteiger partial charge on any atom is -0.487 e. The van der Waals surface area contributed by atoms with E-state index in [2.05, 4.69) is 5.32 Å². The number of carbonyl (C=O) groups excluding carboxylic acids is 1. The van der Waals surface area contributed by atoms with E-state index in [0.29, 0.717) is 16.5 Å². The molecular weight excluding hydrogens is 410 g/mol. The Morgan fingerprint density at radius 1 is 1.10 bits per heavy atom. The molecule has 2 N–H and O–H groups in total. The van der Waals surface area contributed by atoms with Crippen molar-refractivity contribution in [2.24, 2.45) is 0 Å². The van der Waals surface area contributed by atoms with Crippen molar-refractivity contribution in [1.82, 2.24) is 0 Å². The molecule has 1 amide bonds. The Morgan fingerprint density at radius 3 is 2.43 bits per heavy atom. The molecule has 0 saturated carbocycles. The molecule has 162 valence electrons. The number of anilines is 1. The third-order valence-electron chi connectivity index (χ3n) is 3.91. The van der Waals surface area contributed by atoms with Gasteiger partial charge in [0.05, 0.1) is 6.10 Å². The number of hydrogen-bond acceptors (Lipinski definition) is 5. The number of hydrogen-bond donors (Lipinski definition) is 2. The van der Waals surface area contributed by atoms with Gasteiger partial charge < -0.3 is 19.3 Å². The van der Waals surface area contributed by atoms with E-state index in [4.69, 9.17) is 25.8 Å². The molecule has 0 saturated heterocycles. The van der Waals surface area contributed by atoms with E-state index >= 15 is 0 Å². The average molecular weight is 436 g/mol. The molecule has 0 aromatic heterocycles. The number of nitrogens with one attached hydrogen (secondary N) is 1. The highest BCUT2D eigenvalue weighted by Gasteiger charge is 2.20. The van der Waals surface area contributed by atoms with Gasteiger partial charge in [-0.25, -0.2) is 9.59 Å². The van der Waals surface area contributed by atoms with Gasteiger partial charge in [-0.05, 0) is 62.7 Å². The van der Waals surface area contributed by atoms with E-state index in [0.717, 1.165) is 5.56 Å². The molecule has 0 aliphatic heterocycles. The second kappa shape index (κ2) is 11.4.